The molecule has 0 fully saturated rings. The molecule has 0 saturated heterocycles. The maximum atomic E-state index is 5.68. The molecular formula is C14H16BrN3O. The summed E-state index contributed by atoms with van der Waals surface area (Å²) in [6.45, 7) is 4.87. The molecule has 19 heavy (non-hydrogen) atoms. The number of rotatable bonds is 5. The fourth-order valence-corrected chi connectivity index (χ4v) is 1.86. The van der Waals surface area contributed by atoms with Crippen molar-refractivity contribution in [3.05, 3.63) is 46.8 Å². The zero-order valence-corrected chi connectivity index (χ0v) is 12.5. The number of nitrogens with zero attached hydrogens (tertiary/aromatic N) is 2. The zero-order valence-electron chi connectivity index (χ0n) is 10.9. The molecule has 0 amide bonds. The first kappa shape index (κ1) is 14.0. The van der Waals surface area contributed by atoms with Crippen LogP contribution in [0.4, 0.5) is 0 Å². The second-order valence-electron chi connectivity index (χ2n) is 4.44. The number of benzene rings is 1. The Bertz CT molecular complexity index is 546. The van der Waals surface area contributed by atoms with Gasteiger partial charge < -0.3 is 10.1 Å². The highest BCUT2D eigenvalue weighted by Gasteiger charge is 2.03. The molecule has 2 aromatic rings. The van der Waals surface area contributed by atoms with Crippen LogP contribution in [0, 0.1) is 0 Å². The summed E-state index contributed by atoms with van der Waals surface area (Å²) in [6, 6.07) is 8.04. The molecule has 1 aromatic heterocycles. The van der Waals surface area contributed by atoms with Crippen molar-refractivity contribution >= 4 is 15.9 Å². The summed E-state index contributed by atoms with van der Waals surface area (Å²) in [7, 11) is 0. The van der Waals surface area contributed by atoms with Gasteiger partial charge in [0.2, 0.25) is 5.88 Å². The average molecular weight is 322 g/mol. The van der Waals surface area contributed by atoms with Crippen LogP contribution in [0.15, 0.2) is 41.1 Å². The smallest absolute Gasteiger partial charge is 0.238 e. The van der Waals surface area contributed by atoms with E-state index in [1.165, 1.54) is 0 Å². The molecule has 2 rings (SSSR count). The van der Waals surface area contributed by atoms with Gasteiger partial charge in [-0.05, 0) is 18.2 Å². The maximum Gasteiger partial charge on any atom is 0.238 e. The Morgan fingerprint density at radius 2 is 2.16 bits per heavy atom. The van der Waals surface area contributed by atoms with Gasteiger partial charge in [-0.1, -0.05) is 35.8 Å². The second kappa shape index (κ2) is 6.63. The molecule has 0 unspecified atom stereocenters. The molecule has 100 valence electrons. The molecule has 0 aliphatic rings. The highest BCUT2D eigenvalue weighted by Crippen LogP contribution is 2.22. The molecule has 0 atom stereocenters. The van der Waals surface area contributed by atoms with Crippen LogP contribution >= 0.6 is 15.9 Å². The van der Waals surface area contributed by atoms with E-state index >= 15 is 0 Å². The van der Waals surface area contributed by atoms with Crippen LogP contribution in [0.25, 0.3) is 0 Å². The van der Waals surface area contributed by atoms with Crippen molar-refractivity contribution in [1.82, 2.24) is 15.3 Å². The van der Waals surface area contributed by atoms with Crippen molar-refractivity contribution in [2.45, 2.75) is 26.4 Å². The van der Waals surface area contributed by atoms with Gasteiger partial charge in [-0.3, -0.25) is 4.98 Å². The van der Waals surface area contributed by atoms with E-state index in [2.05, 4.69) is 45.1 Å². The number of aromatic nitrogens is 2. The standard InChI is InChI=1S/C14H16BrN3O/c1-10(2)17-8-12-7-16-9-14(18-12)19-13-5-3-4-11(15)6-13/h3-7,9-10,17H,8H2,1-2H3. The first-order valence-corrected chi connectivity index (χ1v) is 6.90. The van der Waals surface area contributed by atoms with Crippen molar-refractivity contribution in [1.29, 1.82) is 0 Å². The van der Waals surface area contributed by atoms with Crippen molar-refractivity contribution in [3.8, 4) is 11.6 Å². The first-order chi connectivity index (χ1) is 9.13. The Morgan fingerprint density at radius 3 is 2.89 bits per heavy atom. The van der Waals surface area contributed by atoms with Crippen LogP contribution in [0.2, 0.25) is 0 Å². The molecule has 0 saturated carbocycles. The lowest BCUT2D eigenvalue weighted by Crippen LogP contribution is -2.22. The Labute approximate surface area is 121 Å². The van der Waals surface area contributed by atoms with Crippen LogP contribution in [0.1, 0.15) is 19.5 Å². The molecule has 1 heterocycles. The van der Waals surface area contributed by atoms with Gasteiger partial charge in [0.25, 0.3) is 0 Å². The Hall–Kier alpha value is -1.46. The molecular weight excluding hydrogens is 306 g/mol. The van der Waals surface area contributed by atoms with Gasteiger partial charge in [-0.2, -0.15) is 0 Å². The highest BCUT2D eigenvalue weighted by atomic mass is 79.9. The zero-order chi connectivity index (χ0) is 13.7. The van der Waals surface area contributed by atoms with Gasteiger partial charge in [0.1, 0.15) is 5.75 Å². The van der Waals surface area contributed by atoms with Gasteiger partial charge in [0, 0.05) is 23.3 Å². The third kappa shape index (κ3) is 4.61. The largest absolute Gasteiger partial charge is 0.437 e. The molecule has 0 aliphatic heterocycles. The fraction of sp³-hybridized carbons (Fsp3) is 0.286. The molecule has 0 radical (unpaired) electrons. The minimum Gasteiger partial charge on any atom is -0.437 e. The molecule has 0 spiro atoms. The number of nitrogens with one attached hydrogen (secondary N) is 1. The summed E-state index contributed by atoms with van der Waals surface area (Å²) < 4.78 is 6.64. The molecule has 5 heteroatoms. The summed E-state index contributed by atoms with van der Waals surface area (Å²) in [5.74, 6) is 1.23. The van der Waals surface area contributed by atoms with Crippen LogP contribution < -0.4 is 10.1 Å². The monoisotopic (exact) mass is 321 g/mol. The predicted molar refractivity (Wildman–Crippen MR) is 78.2 cm³/mol. The van der Waals surface area contributed by atoms with Crippen molar-refractivity contribution in [3.63, 3.8) is 0 Å². The van der Waals surface area contributed by atoms with E-state index in [9.17, 15) is 0 Å². The summed E-state index contributed by atoms with van der Waals surface area (Å²) >= 11 is 3.40. The summed E-state index contributed by atoms with van der Waals surface area (Å²) in [5, 5.41) is 3.30. The Kier molecular flexibility index (Phi) is 4.87. The quantitative estimate of drug-likeness (QED) is 0.915. The Morgan fingerprint density at radius 1 is 1.32 bits per heavy atom. The maximum absolute atomic E-state index is 5.68. The number of ether oxygens (including phenoxy) is 1. The lowest BCUT2D eigenvalue weighted by molar-refractivity contribution is 0.454. The first-order valence-electron chi connectivity index (χ1n) is 6.11. The summed E-state index contributed by atoms with van der Waals surface area (Å²) in [4.78, 5) is 8.55. The van der Waals surface area contributed by atoms with Gasteiger partial charge >= 0.3 is 0 Å². The van der Waals surface area contributed by atoms with Crippen molar-refractivity contribution < 1.29 is 4.74 Å². The SMILES string of the molecule is CC(C)NCc1cncc(Oc2cccc(Br)c2)n1. The van der Waals surface area contributed by atoms with E-state index < -0.39 is 0 Å². The highest BCUT2D eigenvalue weighted by molar-refractivity contribution is 9.10. The molecule has 1 aromatic carbocycles. The Balaban J connectivity index is 2.06. The number of hydrogen-bond donors (Lipinski definition) is 1. The summed E-state index contributed by atoms with van der Waals surface area (Å²) in [5.41, 5.74) is 0.862. The van der Waals surface area contributed by atoms with Gasteiger partial charge in [-0.25, -0.2) is 4.98 Å². The third-order valence-corrected chi connectivity index (χ3v) is 2.87. The van der Waals surface area contributed by atoms with Crippen LogP contribution in [-0.2, 0) is 6.54 Å². The minimum absolute atomic E-state index is 0.413. The third-order valence-electron chi connectivity index (χ3n) is 2.37. The topological polar surface area (TPSA) is 47.0 Å². The van der Waals surface area contributed by atoms with E-state index in [4.69, 9.17) is 4.74 Å². The van der Waals surface area contributed by atoms with E-state index in [-0.39, 0.29) is 0 Å². The molecule has 1 N–H and O–H groups in total. The van der Waals surface area contributed by atoms with E-state index in [0.29, 0.717) is 18.5 Å². The second-order valence-corrected chi connectivity index (χ2v) is 5.36. The summed E-state index contributed by atoms with van der Waals surface area (Å²) in [6.07, 6.45) is 3.35. The van der Waals surface area contributed by atoms with E-state index in [0.717, 1.165) is 15.9 Å². The molecule has 4 nitrogen and oxygen atoms in total. The number of halogens is 1. The van der Waals surface area contributed by atoms with Crippen molar-refractivity contribution in [2.24, 2.45) is 0 Å². The van der Waals surface area contributed by atoms with Crippen LogP contribution in [0.5, 0.6) is 11.6 Å². The van der Waals surface area contributed by atoms with E-state index in [1.54, 1.807) is 12.4 Å². The minimum atomic E-state index is 0.413. The van der Waals surface area contributed by atoms with Gasteiger partial charge in [0.05, 0.1) is 11.9 Å². The van der Waals surface area contributed by atoms with E-state index in [1.807, 2.05) is 24.3 Å². The predicted octanol–water partition coefficient (Wildman–Crippen LogP) is 3.53. The lowest BCUT2D eigenvalue weighted by Gasteiger charge is -2.09. The fourth-order valence-electron chi connectivity index (χ4n) is 1.48. The average Bonchev–Trinajstić information content (AvgIpc) is 2.37. The molecule has 0 aliphatic carbocycles. The molecule has 0 bridgehead atoms. The van der Waals surface area contributed by atoms with Crippen LogP contribution in [-0.4, -0.2) is 16.0 Å². The van der Waals surface area contributed by atoms with Gasteiger partial charge in [-0.15, -0.1) is 0 Å². The van der Waals surface area contributed by atoms with Gasteiger partial charge in [0.15, 0.2) is 0 Å². The normalized spacial score (nSPS) is 10.7. The van der Waals surface area contributed by atoms with Crippen LogP contribution in [0.3, 0.4) is 0 Å². The van der Waals surface area contributed by atoms with Crippen molar-refractivity contribution in [2.75, 3.05) is 0 Å². The number of hydrogen-bond acceptors (Lipinski definition) is 4. The lowest BCUT2D eigenvalue weighted by atomic mass is 10.3.